The molecule has 0 unspecified atom stereocenters. The minimum atomic E-state index is -0.673. The largest absolute Gasteiger partial charge is 0.371 e. The van der Waals surface area contributed by atoms with Crippen molar-refractivity contribution in [3.63, 3.8) is 0 Å². The van der Waals surface area contributed by atoms with Crippen LogP contribution >= 0.6 is 22.9 Å². The third-order valence-corrected chi connectivity index (χ3v) is 14.7. The van der Waals surface area contributed by atoms with Gasteiger partial charge in [-0.15, -0.1) is 11.3 Å². The van der Waals surface area contributed by atoms with Gasteiger partial charge in [0.15, 0.2) is 10.9 Å². The first kappa shape index (κ1) is 44.1. The van der Waals surface area contributed by atoms with E-state index in [9.17, 15) is 23.6 Å². The highest BCUT2D eigenvalue weighted by molar-refractivity contribution is 7.13. The smallest absolute Gasteiger partial charge is 0.256 e. The fourth-order valence-corrected chi connectivity index (χ4v) is 10.6. The molecule has 0 saturated carbocycles. The number of nitrogens with one attached hydrogen (secondary N) is 2. The molecule has 17 heteroatoms. The molecule has 5 fully saturated rings. The molecule has 1 atom stereocenters. The molecular formula is C47H56ClFN10O4S. The number of benzene rings is 2. The lowest BCUT2D eigenvalue weighted by Crippen LogP contribution is -2.50. The normalized spacial score (nSPS) is 21.0. The van der Waals surface area contributed by atoms with Crippen molar-refractivity contribution in [3.05, 3.63) is 93.8 Å². The van der Waals surface area contributed by atoms with Crippen LogP contribution in [-0.2, 0) is 20.9 Å². The Labute approximate surface area is 382 Å². The van der Waals surface area contributed by atoms with E-state index in [2.05, 4.69) is 64.4 Å². The highest BCUT2D eigenvalue weighted by atomic mass is 35.5. The fraction of sp³-hybridized carbons (Fsp3) is 0.489. The number of anilines is 4. The Balaban J connectivity index is 0.725. The number of piperazine rings is 2. The number of hydrogen-bond acceptors (Lipinski definition) is 12. The number of amides is 4. The summed E-state index contributed by atoms with van der Waals surface area (Å²) in [4.78, 5) is 73.5. The number of pyridine rings is 1. The number of rotatable bonds is 11. The van der Waals surface area contributed by atoms with Gasteiger partial charge in [0.2, 0.25) is 17.7 Å². The number of nitrogens with zero attached hydrogens (tertiary/aromatic N) is 8. The maximum atomic E-state index is 14.6. The van der Waals surface area contributed by atoms with Crippen molar-refractivity contribution in [2.24, 2.45) is 11.8 Å². The quantitative estimate of drug-likeness (QED) is 0.176. The molecule has 4 aromatic rings. The number of carbonyl (C=O) groups excluding carboxylic acids is 4. The van der Waals surface area contributed by atoms with Crippen LogP contribution in [0.4, 0.5) is 26.7 Å². The van der Waals surface area contributed by atoms with Gasteiger partial charge in [-0.25, -0.2) is 14.4 Å². The molecule has 5 aliphatic rings. The van der Waals surface area contributed by atoms with Crippen molar-refractivity contribution in [2.45, 2.75) is 51.0 Å². The van der Waals surface area contributed by atoms with E-state index < -0.39 is 5.82 Å². The summed E-state index contributed by atoms with van der Waals surface area (Å²) in [7, 11) is 0. The molecule has 0 bridgehead atoms. The number of imide groups is 1. The van der Waals surface area contributed by atoms with Crippen LogP contribution in [0.3, 0.4) is 0 Å². The van der Waals surface area contributed by atoms with Gasteiger partial charge in [0.05, 0.1) is 22.2 Å². The van der Waals surface area contributed by atoms with Crippen LogP contribution in [0.1, 0.15) is 66.1 Å². The van der Waals surface area contributed by atoms with Crippen molar-refractivity contribution in [1.29, 1.82) is 0 Å². The molecule has 0 spiro atoms. The van der Waals surface area contributed by atoms with Crippen molar-refractivity contribution in [3.8, 4) is 0 Å². The zero-order chi connectivity index (χ0) is 44.2. The van der Waals surface area contributed by atoms with Crippen molar-refractivity contribution in [2.75, 3.05) is 100 Å². The fourth-order valence-electron chi connectivity index (χ4n) is 9.93. The standard InChI is InChI=1S/C47H56ClFN10O4S/c48-40-3-1-2-39(43(40)49)46(63)59-25-21-55(22-26-59)31-35-28-37(29-41(51-35)52-47-50-14-27-64-47)57-23-19-54(20-24-57)30-32-10-15-58(16-11-32)45(62)34-12-17-56(18-13-34)36-6-4-33(5-7-36)38-8-9-42(60)53-44(38)61/h1-7,14,27-29,32,34,38H,8-13,15-26,30-31H2,(H,50,51,52)(H,53,60,61)/t38-/m0/s1. The zero-order valence-electron chi connectivity index (χ0n) is 36.1. The first-order chi connectivity index (χ1) is 31.1. The van der Waals surface area contributed by atoms with Crippen molar-refractivity contribution in [1.82, 2.24) is 34.9 Å². The molecule has 7 heterocycles. The predicted octanol–water partition coefficient (Wildman–Crippen LogP) is 5.83. The van der Waals surface area contributed by atoms with Crippen molar-refractivity contribution < 1.29 is 23.6 Å². The molecule has 4 amide bonds. The topological polar surface area (TPSA) is 138 Å². The monoisotopic (exact) mass is 910 g/mol. The Kier molecular flexibility index (Phi) is 13.7. The first-order valence-electron chi connectivity index (χ1n) is 22.7. The molecule has 338 valence electrons. The second-order valence-electron chi connectivity index (χ2n) is 17.7. The maximum absolute atomic E-state index is 14.6. The summed E-state index contributed by atoms with van der Waals surface area (Å²) in [6, 6.07) is 17.0. The highest BCUT2D eigenvalue weighted by Gasteiger charge is 2.33. The van der Waals surface area contributed by atoms with E-state index in [0.717, 1.165) is 118 Å². The summed E-state index contributed by atoms with van der Waals surface area (Å²) >= 11 is 7.48. The third-order valence-electron chi connectivity index (χ3n) is 13.7. The molecule has 9 rings (SSSR count). The minimum absolute atomic E-state index is 0.00524. The predicted molar refractivity (Wildman–Crippen MR) is 247 cm³/mol. The second-order valence-corrected chi connectivity index (χ2v) is 19.0. The SMILES string of the molecule is O=C1CC[C@@H](c2ccc(N3CCC(C(=O)N4CCC(CN5CCN(c6cc(CN7CCN(C(=O)c8cccc(Cl)c8F)CC7)nc(Nc7nccs7)c6)CC5)CC4)CC3)cc2)C(=O)N1. The zero-order valence-corrected chi connectivity index (χ0v) is 37.7. The summed E-state index contributed by atoms with van der Waals surface area (Å²) in [5, 5.41) is 8.52. The summed E-state index contributed by atoms with van der Waals surface area (Å²) in [6.07, 6.45) is 6.43. The van der Waals surface area contributed by atoms with Crippen LogP contribution in [-0.4, -0.2) is 138 Å². The van der Waals surface area contributed by atoms with Crippen LogP contribution in [0.5, 0.6) is 0 Å². The van der Waals surface area contributed by atoms with E-state index in [4.69, 9.17) is 16.6 Å². The summed E-state index contributed by atoms with van der Waals surface area (Å²) in [5.74, 6) is -0.0216. The number of piperidine rings is 3. The molecule has 2 aromatic heterocycles. The van der Waals surface area contributed by atoms with Crippen LogP contribution in [0.25, 0.3) is 0 Å². The molecule has 64 heavy (non-hydrogen) atoms. The van der Waals surface area contributed by atoms with Gasteiger partial charge in [-0.1, -0.05) is 29.8 Å². The Morgan fingerprint density at radius 1 is 0.797 bits per heavy atom. The Morgan fingerprint density at radius 2 is 1.52 bits per heavy atom. The van der Waals surface area contributed by atoms with Crippen LogP contribution in [0.15, 0.2) is 66.2 Å². The number of thiazole rings is 1. The molecule has 2 N–H and O–H groups in total. The third kappa shape index (κ3) is 10.4. The van der Waals surface area contributed by atoms with Gasteiger partial charge in [-0.3, -0.25) is 34.3 Å². The molecule has 5 saturated heterocycles. The molecule has 2 aromatic carbocycles. The average Bonchev–Trinajstić information content (AvgIpc) is 3.83. The highest BCUT2D eigenvalue weighted by Crippen LogP contribution is 2.31. The molecule has 0 aliphatic carbocycles. The Hall–Kier alpha value is -5.16. The first-order valence-corrected chi connectivity index (χ1v) is 24.0. The molecule has 14 nitrogen and oxygen atoms in total. The van der Waals surface area contributed by atoms with E-state index in [1.165, 1.54) is 23.5 Å². The van der Waals surface area contributed by atoms with Gasteiger partial charge >= 0.3 is 0 Å². The van der Waals surface area contributed by atoms with Gasteiger partial charge < -0.3 is 24.9 Å². The lowest BCUT2D eigenvalue weighted by Gasteiger charge is -2.41. The van der Waals surface area contributed by atoms with Crippen LogP contribution in [0.2, 0.25) is 5.02 Å². The number of halogens is 2. The Morgan fingerprint density at radius 3 is 2.22 bits per heavy atom. The van der Waals surface area contributed by atoms with E-state index in [0.29, 0.717) is 57.4 Å². The second kappa shape index (κ2) is 19.9. The van der Waals surface area contributed by atoms with Crippen molar-refractivity contribution >= 4 is 68.9 Å². The van der Waals surface area contributed by atoms with E-state index >= 15 is 0 Å². The number of aromatic nitrogens is 2. The number of hydrogen-bond donors (Lipinski definition) is 2. The average molecular weight is 912 g/mol. The van der Waals surface area contributed by atoms with Crippen LogP contribution < -0.4 is 20.4 Å². The molecular weight excluding hydrogens is 855 g/mol. The summed E-state index contributed by atoms with van der Waals surface area (Å²) in [5.41, 5.74) is 4.10. The van der Waals surface area contributed by atoms with Crippen LogP contribution in [0, 0.1) is 17.7 Å². The lowest BCUT2D eigenvalue weighted by atomic mass is 9.90. The summed E-state index contributed by atoms with van der Waals surface area (Å²) < 4.78 is 14.6. The van der Waals surface area contributed by atoms with E-state index in [1.54, 1.807) is 17.2 Å². The maximum Gasteiger partial charge on any atom is 0.256 e. The lowest BCUT2D eigenvalue weighted by molar-refractivity contribution is -0.138. The van der Waals surface area contributed by atoms with E-state index in [1.807, 2.05) is 17.5 Å². The van der Waals surface area contributed by atoms with Gasteiger partial charge in [0, 0.05) is 133 Å². The van der Waals surface area contributed by atoms with Gasteiger partial charge in [0.1, 0.15) is 5.82 Å². The number of carbonyl (C=O) groups is 4. The van der Waals surface area contributed by atoms with Gasteiger partial charge in [0.25, 0.3) is 5.91 Å². The van der Waals surface area contributed by atoms with E-state index in [-0.39, 0.29) is 40.1 Å². The molecule has 5 aliphatic heterocycles. The number of likely N-dealkylation sites (tertiary alicyclic amines) is 1. The molecule has 0 radical (unpaired) electrons. The van der Waals surface area contributed by atoms with Gasteiger partial charge in [-0.05, 0) is 73.9 Å². The van der Waals surface area contributed by atoms with Gasteiger partial charge in [-0.2, -0.15) is 0 Å². The Bertz CT molecular complexity index is 2290. The summed E-state index contributed by atoms with van der Waals surface area (Å²) in [6.45, 7) is 11.0. The minimum Gasteiger partial charge on any atom is -0.371 e.